The quantitative estimate of drug-likeness (QED) is 0.912. The van der Waals surface area contributed by atoms with Crippen molar-refractivity contribution in [2.24, 2.45) is 23.5 Å². The molecule has 4 unspecified atom stereocenters. The van der Waals surface area contributed by atoms with Gasteiger partial charge in [-0.05, 0) is 43.1 Å². The van der Waals surface area contributed by atoms with Crippen molar-refractivity contribution in [1.82, 2.24) is 4.90 Å². The fraction of sp³-hybridized carbons (Fsp3) is 0.588. The van der Waals surface area contributed by atoms with Gasteiger partial charge in [0.1, 0.15) is 0 Å². The number of nitrogens with two attached hydrogens (primary N) is 1. The molecule has 3 nitrogen and oxygen atoms in total. The van der Waals surface area contributed by atoms with E-state index in [-0.39, 0.29) is 17.9 Å². The number of nitrogens with zero attached hydrogens (tertiary/aromatic N) is 1. The normalized spacial score (nSPS) is 31.5. The van der Waals surface area contributed by atoms with Crippen LogP contribution in [0.1, 0.15) is 24.8 Å². The number of hydrogen-bond acceptors (Lipinski definition) is 2. The first-order chi connectivity index (χ1) is 9.66. The van der Waals surface area contributed by atoms with Crippen LogP contribution < -0.4 is 5.73 Å². The third-order valence-corrected chi connectivity index (χ3v) is 5.22. The SMILES string of the molecule is CN(CCc1ccccc1)C(=O)C1C2CCC(C2)C1N. The molecule has 108 valence electrons. The lowest BCUT2D eigenvalue weighted by atomic mass is 9.84. The van der Waals surface area contributed by atoms with Crippen molar-refractivity contribution in [2.75, 3.05) is 13.6 Å². The lowest BCUT2D eigenvalue weighted by Crippen LogP contribution is -2.46. The third-order valence-electron chi connectivity index (χ3n) is 5.22. The Balaban J connectivity index is 1.57. The summed E-state index contributed by atoms with van der Waals surface area (Å²) in [5.74, 6) is 1.48. The fourth-order valence-corrected chi connectivity index (χ4v) is 4.01. The minimum atomic E-state index is 0.0783. The summed E-state index contributed by atoms with van der Waals surface area (Å²) < 4.78 is 0. The Bertz CT molecular complexity index is 471. The largest absolute Gasteiger partial charge is 0.345 e. The number of benzene rings is 1. The average molecular weight is 272 g/mol. The van der Waals surface area contributed by atoms with Crippen LogP contribution in [0.25, 0.3) is 0 Å². The highest BCUT2D eigenvalue weighted by atomic mass is 16.2. The van der Waals surface area contributed by atoms with E-state index in [9.17, 15) is 4.79 Å². The van der Waals surface area contributed by atoms with Crippen molar-refractivity contribution in [2.45, 2.75) is 31.7 Å². The van der Waals surface area contributed by atoms with Gasteiger partial charge in [-0.1, -0.05) is 30.3 Å². The van der Waals surface area contributed by atoms with Gasteiger partial charge in [0, 0.05) is 19.6 Å². The summed E-state index contributed by atoms with van der Waals surface area (Å²) in [6.45, 7) is 0.781. The van der Waals surface area contributed by atoms with Gasteiger partial charge in [0.15, 0.2) is 0 Å². The van der Waals surface area contributed by atoms with Crippen LogP contribution in [0.2, 0.25) is 0 Å². The molecule has 2 aliphatic carbocycles. The summed E-state index contributed by atoms with van der Waals surface area (Å²) in [7, 11) is 1.92. The molecule has 0 spiro atoms. The van der Waals surface area contributed by atoms with E-state index in [4.69, 9.17) is 5.73 Å². The fourth-order valence-electron chi connectivity index (χ4n) is 4.01. The van der Waals surface area contributed by atoms with Crippen LogP contribution >= 0.6 is 0 Å². The van der Waals surface area contributed by atoms with E-state index in [1.807, 2.05) is 30.1 Å². The monoisotopic (exact) mass is 272 g/mol. The van der Waals surface area contributed by atoms with Gasteiger partial charge in [-0.2, -0.15) is 0 Å². The number of carbonyl (C=O) groups excluding carboxylic acids is 1. The zero-order valence-corrected chi connectivity index (χ0v) is 12.2. The molecule has 1 amide bonds. The van der Waals surface area contributed by atoms with Gasteiger partial charge in [-0.15, -0.1) is 0 Å². The highest BCUT2D eigenvalue weighted by Crippen LogP contribution is 2.48. The molecule has 3 heteroatoms. The van der Waals surface area contributed by atoms with Gasteiger partial charge in [-0.25, -0.2) is 0 Å². The number of hydrogen-bond donors (Lipinski definition) is 1. The van der Waals surface area contributed by atoms with E-state index in [2.05, 4.69) is 12.1 Å². The summed E-state index contributed by atoms with van der Waals surface area (Å²) in [6, 6.07) is 10.4. The van der Waals surface area contributed by atoms with Crippen LogP contribution in [0, 0.1) is 17.8 Å². The summed E-state index contributed by atoms with van der Waals surface area (Å²) in [6.07, 6.45) is 4.51. The number of likely N-dealkylation sites (N-methyl/N-ethyl adjacent to an activating group) is 1. The molecule has 0 saturated heterocycles. The Kier molecular flexibility index (Phi) is 3.79. The van der Waals surface area contributed by atoms with Crippen LogP contribution in [0.5, 0.6) is 0 Å². The first-order valence-electron chi connectivity index (χ1n) is 7.71. The van der Waals surface area contributed by atoms with Gasteiger partial charge in [-0.3, -0.25) is 4.79 Å². The number of carbonyl (C=O) groups is 1. The predicted octanol–water partition coefficient (Wildman–Crippen LogP) is 2.06. The Morgan fingerprint density at radius 1 is 1.25 bits per heavy atom. The molecule has 2 aliphatic rings. The summed E-state index contributed by atoms with van der Waals surface area (Å²) in [5.41, 5.74) is 7.54. The molecule has 2 N–H and O–H groups in total. The minimum absolute atomic E-state index is 0.0783. The molecule has 0 aliphatic heterocycles. The van der Waals surface area contributed by atoms with Crippen molar-refractivity contribution in [1.29, 1.82) is 0 Å². The van der Waals surface area contributed by atoms with Gasteiger partial charge >= 0.3 is 0 Å². The minimum Gasteiger partial charge on any atom is -0.345 e. The van der Waals surface area contributed by atoms with Crippen LogP contribution in [0.15, 0.2) is 30.3 Å². The van der Waals surface area contributed by atoms with Crippen LogP contribution in [0.4, 0.5) is 0 Å². The average Bonchev–Trinajstić information content (AvgIpc) is 3.06. The molecular formula is C17H24N2O. The van der Waals surface area contributed by atoms with E-state index in [1.165, 1.54) is 24.8 Å². The maximum Gasteiger partial charge on any atom is 0.227 e. The van der Waals surface area contributed by atoms with E-state index in [0.29, 0.717) is 11.8 Å². The Morgan fingerprint density at radius 3 is 2.60 bits per heavy atom. The van der Waals surface area contributed by atoms with E-state index in [1.54, 1.807) is 0 Å². The lowest BCUT2D eigenvalue weighted by Gasteiger charge is -2.30. The second kappa shape index (κ2) is 5.57. The third kappa shape index (κ3) is 2.47. The second-order valence-electron chi connectivity index (χ2n) is 6.43. The first kappa shape index (κ1) is 13.6. The second-order valence-corrected chi connectivity index (χ2v) is 6.43. The Hall–Kier alpha value is -1.35. The molecule has 20 heavy (non-hydrogen) atoms. The van der Waals surface area contributed by atoms with Gasteiger partial charge in [0.25, 0.3) is 0 Å². The maximum atomic E-state index is 12.6. The van der Waals surface area contributed by atoms with Gasteiger partial charge in [0.05, 0.1) is 5.92 Å². The lowest BCUT2D eigenvalue weighted by molar-refractivity contribution is -0.136. The van der Waals surface area contributed by atoms with Crippen molar-refractivity contribution in [3.05, 3.63) is 35.9 Å². The number of amides is 1. The molecule has 2 saturated carbocycles. The van der Waals surface area contributed by atoms with Crippen molar-refractivity contribution < 1.29 is 4.79 Å². The molecule has 0 heterocycles. The summed E-state index contributed by atoms with van der Waals surface area (Å²) in [5, 5.41) is 0. The van der Waals surface area contributed by atoms with Crippen molar-refractivity contribution >= 4 is 5.91 Å². The van der Waals surface area contributed by atoms with Crippen LogP contribution in [-0.4, -0.2) is 30.4 Å². The Labute approximate surface area is 121 Å². The number of fused-ring (bicyclic) bond motifs is 2. The van der Waals surface area contributed by atoms with Crippen LogP contribution in [-0.2, 0) is 11.2 Å². The summed E-state index contributed by atoms with van der Waals surface area (Å²) >= 11 is 0. The molecule has 2 bridgehead atoms. The van der Waals surface area contributed by atoms with Crippen molar-refractivity contribution in [3.8, 4) is 0 Å². The maximum absolute atomic E-state index is 12.6. The van der Waals surface area contributed by atoms with Crippen LogP contribution in [0.3, 0.4) is 0 Å². The highest BCUT2D eigenvalue weighted by Gasteiger charge is 2.49. The molecule has 3 rings (SSSR count). The zero-order valence-electron chi connectivity index (χ0n) is 12.2. The van der Waals surface area contributed by atoms with Gasteiger partial charge in [0.2, 0.25) is 5.91 Å². The standard InChI is InChI=1S/C17H24N2O/c1-19(10-9-12-5-3-2-4-6-12)17(20)15-13-7-8-14(11-13)16(15)18/h2-6,13-16H,7-11,18H2,1H3. The molecule has 0 aromatic heterocycles. The molecule has 0 radical (unpaired) electrons. The van der Waals surface area contributed by atoms with E-state index < -0.39 is 0 Å². The molecule has 1 aromatic carbocycles. The molecule has 2 fully saturated rings. The topological polar surface area (TPSA) is 46.3 Å². The molecular weight excluding hydrogens is 248 g/mol. The van der Waals surface area contributed by atoms with E-state index >= 15 is 0 Å². The highest BCUT2D eigenvalue weighted by molar-refractivity contribution is 5.80. The van der Waals surface area contributed by atoms with Gasteiger partial charge < -0.3 is 10.6 Å². The zero-order chi connectivity index (χ0) is 14.1. The summed E-state index contributed by atoms with van der Waals surface area (Å²) in [4.78, 5) is 14.5. The molecule has 1 aromatic rings. The number of rotatable bonds is 4. The van der Waals surface area contributed by atoms with E-state index in [0.717, 1.165) is 13.0 Å². The smallest absolute Gasteiger partial charge is 0.227 e. The Morgan fingerprint density at radius 2 is 1.95 bits per heavy atom. The van der Waals surface area contributed by atoms with Crippen molar-refractivity contribution in [3.63, 3.8) is 0 Å². The first-order valence-corrected chi connectivity index (χ1v) is 7.71. The predicted molar refractivity (Wildman–Crippen MR) is 80.1 cm³/mol. The molecule has 4 atom stereocenters.